The van der Waals surface area contributed by atoms with Gasteiger partial charge in [-0.1, -0.05) is 23.7 Å². The van der Waals surface area contributed by atoms with Crippen LogP contribution in [0.2, 0.25) is 5.02 Å². The van der Waals surface area contributed by atoms with E-state index < -0.39 is 0 Å². The zero-order chi connectivity index (χ0) is 18.2. The van der Waals surface area contributed by atoms with Crippen molar-refractivity contribution in [2.75, 3.05) is 11.4 Å². The van der Waals surface area contributed by atoms with Gasteiger partial charge in [0, 0.05) is 34.6 Å². The molecule has 0 N–H and O–H groups in total. The molecule has 0 unspecified atom stereocenters. The van der Waals surface area contributed by atoms with Gasteiger partial charge in [0.05, 0.1) is 11.2 Å². The number of benzene rings is 2. The van der Waals surface area contributed by atoms with Crippen molar-refractivity contribution in [3.05, 3.63) is 64.4 Å². The molecule has 0 aromatic heterocycles. The highest BCUT2D eigenvalue weighted by Crippen LogP contribution is 2.39. The Hall–Kier alpha value is -2.13. The lowest BCUT2D eigenvalue weighted by molar-refractivity contribution is 0.561. The smallest absolute Gasteiger partial charge is 0.134 e. The average Bonchev–Trinajstić information content (AvgIpc) is 2.53. The fraction of sp³-hybridized carbons (Fsp3) is 0.286. The summed E-state index contributed by atoms with van der Waals surface area (Å²) in [4.78, 5) is 6.58. The number of fused-ring (bicyclic) bond motifs is 1. The predicted molar refractivity (Wildman–Crippen MR) is 106 cm³/mol. The van der Waals surface area contributed by atoms with E-state index in [0.29, 0.717) is 16.3 Å². The third-order valence-electron chi connectivity index (χ3n) is 4.57. The predicted octanol–water partition coefficient (Wildman–Crippen LogP) is 6.25. The molecule has 0 radical (unpaired) electrons. The molecule has 25 heavy (non-hydrogen) atoms. The Labute approximate surface area is 153 Å². The van der Waals surface area contributed by atoms with E-state index in [4.69, 9.17) is 11.6 Å². The summed E-state index contributed by atoms with van der Waals surface area (Å²) in [7, 11) is 0. The van der Waals surface area contributed by atoms with Crippen LogP contribution in [0.3, 0.4) is 0 Å². The SMILES string of the molecule is CCN1c2cc(F)c(C=Nc3cccc(Cl)c3)cc2C(C)=CC1(C)C. The summed E-state index contributed by atoms with van der Waals surface area (Å²) in [5.74, 6) is -0.270. The number of rotatable bonds is 3. The van der Waals surface area contributed by atoms with E-state index in [2.05, 4.69) is 43.7 Å². The van der Waals surface area contributed by atoms with Crippen LogP contribution in [0.25, 0.3) is 5.57 Å². The van der Waals surface area contributed by atoms with Crippen molar-refractivity contribution in [1.82, 2.24) is 0 Å². The van der Waals surface area contributed by atoms with Gasteiger partial charge >= 0.3 is 0 Å². The van der Waals surface area contributed by atoms with Crippen molar-refractivity contribution in [3.8, 4) is 0 Å². The van der Waals surface area contributed by atoms with Crippen LogP contribution in [0, 0.1) is 5.82 Å². The Morgan fingerprint density at radius 1 is 1.24 bits per heavy atom. The van der Waals surface area contributed by atoms with Gasteiger partial charge in [-0.2, -0.15) is 0 Å². The second-order valence-electron chi connectivity index (χ2n) is 6.85. The van der Waals surface area contributed by atoms with E-state index in [1.54, 1.807) is 24.4 Å². The molecule has 0 saturated carbocycles. The molecule has 1 aliphatic rings. The van der Waals surface area contributed by atoms with Crippen LogP contribution < -0.4 is 4.90 Å². The summed E-state index contributed by atoms with van der Waals surface area (Å²) in [5.41, 5.74) is 4.19. The Morgan fingerprint density at radius 3 is 2.68 bits per heavy atom. The monoisotopic (exact) mass is 356 g/mol. The lowest BCUT2D eigenvalue weighted by Crippen LogP contribution is -2.45. The quantitative estimate of drug-likeness (QED) is 0.593. The van der Waals surface area contributed by atoms with Gasteiger partial charge in [-0.05, 0) is 63.6 Å². The normalized spacial score (nSPS) is 16.1. The van der Waals surface area contributed by atoms with Crippen LogP contribution in [0.15, 0.2) is 47.5 Å². The van der Waals surface area contributed by atoms with E-state index >= 15 is 0 Å². The average molecular weight is 357 g/mol. The number of anilines is 1. The molecule has 0 amide bonds. The van der Waals surface area contributed by atoms with Gasteiger partial charge < -0.3 is 4.90 Å². The molecule has 0 bridgehead atoms. The molecule has 130 valence electrons. The fourth-order valence-corrected chi connectivity index (χ4v) is 3.68. The largest absolute Gasteiger partial charge is 0.363 e. The zero-order valence-electron chi connectivity index (χ0n) is 15.0. The molecule has 2 aromatic carbocycles. The standard InChI is InChI=1S/C21H22ClFN2/c1-5-25-20-11-19(23)15(9-18(20)14(2)12-21(25,3)4)13-24-17-8-6-7-16(22)10-17/h6-13H,5H2,1-4H3. The van der Waals surface area contributed by atoms with Crippen molar-refractivity contribution in [2.45, 2.75) is 33.2 Å². The Kier molecular flexibility index (Phi) is 4.70. The summed E-state index contributed by atoms with van der Waals surface area (Å²) < 4.78 is 14.7. The third-order valence-corrected chi connectivity index (χ3v) is 4.81. The van der Waals surface area contributed by atoms with Crippen LogP contribution in [0.1, 0.15) is 38.8 Å². The maximum absolute atomic E-state index is 14.7. The van der Waals surface area contributed by atoms with Gasteiger partial charge in [-0.15, -0.1) is 0 Å². The Bertz CT molecular complexity index is 868. The molecule has 0 fully saturated rings. The van der Waals surface area contributed by atoms with E-state index in [1.807, 2.05) is 18.2 Å². The van der Waals surface area contributed by atoms with Crippen molar-refractivity contribution in [2.24, 2.45) is 4.99 Å². The topological polar surface area (TPSA) is 15.6 Å². The van der Waals surface area contributed by atoms with Gasteiger partial charge in [0.2, 0.25) is 0 Å². The highest BCUT2D eigenvalue weighted by Gasteiger charge is 2.30. The first-order chi connectivity index (χ1) is 11.8. The molecule has 0 spiro atoms. The molecule has 2 nitrogen and oxygen atoms in total. The third kappa shape index (κ3) is 3.47. The van der Waals surface area contributed by atoms with E-state index in [9.17, 15) is 4.39 Å². The molecule has 4 heteroatoms. The summed E-state index contributed by atoms with van der Waals surface area (Å²) in [6.07, 6.45) is 3.79. The molecule has 1 heterocycles. The number of hydrogen-bond acceptors (Lipinski definition) is 2. The van der Waals surface area contributed by atoms with Crippen LogP contribution >= 0.6 is 11.6 Å². The minimum Gasteiger partial charge on any atom is -0.363 e. The number of halogens is 2. The number of likely N-dealkylation sites (N-methyl/N-ethyl adjacent to an activating group) is 1. The molecule has 0 aliphatic carbocycles. The molecule has 1 aliphatic heterocycles. The first-order valence-corrected chi connectivity index (χ1v) is 8.80. The molecule has 2 aromatic rings. The van der Waals surface area contributed by atoms with E-state index in [1.165, 1.54) is 0 Å². The van der Waals surface area contributed by atoms with Crippen molar-refractivity contribution >= 4 is 34.8 Å². The summed E-state index contributed by atoms with van der Waals surface area (Å²) in [5, 5.41) is 0.611. The maximum atomic E-state index is 14.7. The molecule has 0 saturated heterocycles. The Balaban J connectivity index is 2.03. The van der Waals surface area contributed by atoms with Crippen LogP contribution in [0.5, 0.6) is 0 Å². The molecule has 3 rings (SSSR count). The lowest BCUT2D eigenvalue weighted by atomic mass is 9.88. The van der Waals surface area contributed by atoms with Crippen molar-refractivity contribution < 1.29 is 4.39 Å². The van der Waals surface area contributed by atoms with Crippen molar-refractivity contribution in [3.63, 3.8) is 0 Å². The first-order valence-electron chi connectivity index (χ1n) is 8.42. The summed E-state index contributed by atoms with van der Waals surface area (Å²) in [6.45, 7) is 9.28. The number of allylic oxidation sites excluding steroid dienone is 1. The molecular weight excluding hydrogens is 335 g/mol. The number of aliphatic imine (C=N–C) groups is 1. The second-order valence-corrected chi connectivity index (χ2v) is 7.29. The van der Waals surface area contributed by atoms with Gasteiger partial charge in [-0.3, -0.25) is 4.99 Å². The van der Waals surface area contributed by atoms with Gasteiger partial charge in [-0.25, -0.2) is 4.39 Å². The van der Waals surface area contributed by atoms with Gasteiger partial charge in [0.1, 0.15) is 5.82 Å². The van der Waals surface area contributed by atoms with Crippen LogP contribution in [-0.4, -0.2) is 18.3 Å². The van der Waals surface area contributed by atoms with Crippen LogP contribution in [0.4, 0.5) is 15.8 Å². The van der Waals surface area contributed by atoms with E-state index in [-0.39, 0.29) is 11.4 Å². The molecular formula is C21H22ClFN2. The minimum absolute atomic E-state index is 0.130. The zero-order valence-corrected chi connectivity index (χ0v) is 15.7. The van der Waals surface area contributed by atoms with E-state index in [0.717, 1.165) is 23.4 Å². The maximum Gasteiger partial charge on any atom is 0.134 e. The van der Waals surface area contributed by atoms with Gasteiger partial charge in [0.25, 0.3) is 0 Å². The van der Waals surface area contributed by atoms with Crippen molar-refractivity contribution in [1.29, 1.82) is 0 Å². The minimum atomic E-state index is -0.270. The number of nitrogens with zero attached hydrogens (tertiary/aromatic N) is 2. The summed E-state index contributed by atoms with van der Waals surface area (Å²) in [6, 6.07) is 10.7. The first kappa shape index (κ1) is 17.7. The fourth-order valence-electron chi connectivity index (χ4n) is 3.49. The lowest BCUT2D eigenvalue weighted by Gasteiger charge is -2.42. The highest BCUT2D eigenvalue weighted by atomic mass is 35.5. The Morgan fingerprint density at radius 2 is 2.00 bits per heavy atom. The summed E-state index contributed by atoms with van der Waals surface area (Å²) >= 11 is 5.97. The van der Waals surface area contributed by atoms with Gasteiger partial charge in [0.15, 0.2) is 0 Å². The second kappa shape index (κ2) is 6.64. The number of hydrogen-bond donors (Lipinski definition) is 0. The van der Waals surface area contributed by atoms with Crippen LogP contribution in [-0.2, 0) is 0 Å². The molecule has 0 atom stereocenters. The highest BCUT2D eigenvalue weighted by molar-refractivity contribution is 6.30.